The van der Waals surface area contributed by atoms with Gasteiger partial charge in [0.2, 0.25) is 0 Å². The number of carbonyl (C=O) groups is 2. The normalized spacial score (nSPS) is 49.2. The van der Waals surface area contributed by atoms with Crippen LogP contribution in [0, 0.1) is 56.2 Å². The Bertz CT molecular complexity index is 1180. The summed E-state index contributed by atoms with van der Waals surface area (Å²) in [5, 5.41) is 33.5. The molecule has 5 aliphatic rings. The second-order valence-corrected chi connectivity index (χ2v) is 14.6. The Morgan fingerprint density at radius 2 is 1.79 bits per heavy atom. The molecular weight excluding hydrogens is 478 g/mol. The minimum atomic E-state index is -1.70. The Balaban J connectivity index is 1.72. The van der Waals surface area contributed by atoms with Gasteiger partial charge in [0.05, 0.1) is 29.8 Å². The van der Waals surface area contributed by atoms with E-state index in [0.717, 1.165) is 24.8 Å². The average Bonchev–Trinajstić information content (AvgIpc) is 2.85. The molecule has 6 heteroatoms. The van der Waals surface area contributed by atoms with Gasteiger partial charge in [0.25, 0.3) is 0 Å². The molecule has 0 amide bonds. The van der Waals surface area contributed by atoms with Crippen molar-refractivity contribution in [2.45, 2.75) is 105 Å². The summed E-state index contributed by atoms with van der Waals surface area (Å²) in [5.74, 6) is -1.13. The lowest BCUT2D eigenvalue weighted by Gasteiger charge is -2.71. The summed E-state index contributed by atoms with van der Waals surface area (Å²) in [6.07, 6.45) is 7.59. The van der Waals surface area contributed by atoms with Crippen molar-refractivity contribution < 1.29 is 24.5 Å². The van der Waals surface area contributed by atoms with Crippen molar-refractivity contribution in [1.82, 2.24) is 0 Å². The maximum Gasteiger partial charge on any atom is 0.312 e. The molecule has 0 aromatic carbocycles. The summed E-state index contributed by atoms with van der Waals surface area (Å²) in [4.78, 5) is 28.0. The van der Waals surface area contributed by atoms with Crippen molar-refractivity contribution in [1.29, 1.82) is 5.26 Å². The van der Waals surface area contributed by atoms with E-state index < -0.39 is 39.3 Å². The Kier molecular flexibility index (Phi) is 6.01. The average molecular weight is 524 g/mol. The van der Waals surface area contributed by atoms with Gasteiger partial charge in [-0.05, 0) is 86.2 Å². The number of hydrogen-bond acceptors (Lipinski definition) is 6. The van der Waals surface area contributed by atoms with Gasteiger partial charge in [0, 0.05) is 16.7 Å². The van der Waals surface area contributed by atoms with Crippen LogP contribution in [-0.2, 0) is 14.3 Å². The Labute approximate surface area is 227 Å². The number of esters is 1. The quantitative estimate of drug-likeness (QED) is 0.477. The molecule has 2 N–H and O–H groups in total. The topological polar surface area (TPSA) is 108 Å². The summed E-state index contributed by atoms with van der Waals surface area (Å²) in [6, 6.07) is 2.21. The molecule has 0 spiro atoms. The number of carbonyl (C=O) groups excluding carboxylic acids is 2. The number of ether oxygens (including phenoxy) is 1. The molecule has 5 rings (SSSR count). The highest BCUT2D eigenvalue weighted by atomic mass is 16.5. The number of fused-ring (bicyclic) bond motifs is 7. The molecule has 6 nitrogen and oxygen atoms in total. The molecule has 0 aromatic heterocycles. The van der Waals surface area contributed by atoms with Crippen LogP contribution in [0.5, 0.6) is 0 Å². The van der Waals surface area contributed by atoms with Crippen LogP contribution in [0.3, 0.4) is 0 Å². The van der Waals surface area contributed by atoms with Crippen LogP contribution >= 0.6 is 0 Å². The van der Waals surface area contributed by atoms with Crippen LogP contribution in [-0.4, -0.2) is 40.3 Å². The first-order valence-electron chi connectivity index (χ1n) is 14.6. The van der Waals surface area contributed by atoms with Gasteiger partial charge in [-0.3, -0.25) is 9.59 Å². The Morgan fingerprint density at radius 1 is 1.13 bits per heavy atom. The van der Waals surface area contributed by atoms with Crippen LogP contribution in [0.25, 0.3) is 0 Å². The van der Waals surface area contributed by atoms with E-state index in [-0.39, 0.29) is 35.6 Å². The minimum Gasteiger partial charge on any atom is -0.466 e. The lowest BCUT2D eigenvalue weighted by Crippen LogP contribution is -2.74. The Hall–Kier alpha value is -1.97. The highest BCUT2D eigenvalue weighted by Crippen LogP contribution is 2.75. The predicted molar refractivity (Wildman–Crippen MR) is 143 cm³/mol. The molecule has 0 radical (unpaired) electrons. The van der Waals surface area contributed by atoms with Crippen LogP contribution in [0.2, 0.25) is 0 Å². The molecule has 0 aromatic rings. The summed E-state index contributed by atoms with van der Waals surface area (Å²) < 4.78 is 5.63. The molecule has 9 atom stereocenters. The number of nitrogens with zero attached hydrogens (tertiary/aromatic N) is 1. The molecule has 9 unspecified atom stereocenters. The molecule has 0 aliphatic heterocycles. The third-order valence-electron chi connectivity index (χ3n) is 12.6. The highest BCUT2D eigenvalue weighted by molar-refractivity contribution is 6.01. The van der Waals surface area contributed by atoms with Crippen LogP contribution in [0.1, 0.15) is 93.4 Å². The highest BCUT2D eigenvalue weighted by Gasteiger charge is 2.76. The smallest absolute Gasteiger partial charge is 0.312 e. The third-order valence-corrected chi connectivity index (χ3v) is 12.6. The monoisotopic (exact) mass is 523 g/mol. The van der Waals surface area contributed by atoms with E-state index in [4.69, 9.17) is 4.74 Å². The molecule has 208 valence electrons. The predicted octanol–water partition coefficient (Wildman–Crippen LogP) is 5.29. The first-order chi connectivity index (χ1) is 17.6. The van der Waals surface area contributed by atoms with Gasteiger partial charge in [-0.2, -0.15) is 5.26 Å². The summed E-state index contributed by atoms with van der Waals surface area (Å²) >= 11 is 0. The fraction of sp³-hybridized carbons (Fsp3) is 0.781. The number of rotatable bonds is 2. The summed E-state index contributed by atoms with van der Waals surface area (Å²) in [6.45, 7) is 14.8. The first-order valence-corrected chi connectivity index (χ1v) is 14.6. The largest absolute Gasteiger partial charge is 0.466 e. The zero-order chi connectivity index (χ0) is 28.1. The molecular formula is C32H45NO5. The van der Waals surface area contributed by atoms with Crippen LogP contribution in [0.15, 0.2) is 23.3 Å². The first kappa shape index (κ1) is 27.6. The van der Waals surface area contributed by atoms with Crippen molar-refractivity contribution >= 4 is 11.8 Å². The van der Waals surface area contributed by atoms with Crippen LogP contribution < -0.4 is 0 Å². The zero-order valence-corrected chi connectivity index (χ0v) is 24.2. The van der Waals surface area contributed by atoms with Gasteiger partial charge in [-0.25, -0.2) is 0 Å². The summed E-state index contributed by atoms with van der Waals surface area (Å²) in [5.41, 5.74) is -3.21. The van der Waals surface area contributed by atoms with Gasteiger partial charge in [-0.1, -0.05) is 47.6 Å². The van der Waals surface area contributed by atoms with E-state index in [9.17, 15) is 25.1 Å². The van der Waals surface area contributed by atoms with Gasteiger partial charge in [0.15, 0.2) is 5.78 Å². The van der Waals surface area contributed by atoms with E-state index in [0.29, 0.717) is 31.3 Å². The van der Waals surface area contributed by atoms with Gasteiger partial charge in [-0.15, -0.1) is 0 Å². The van der Waals surface area contributed by atoms with E-state index in [1.54, 1.807) is 6.08 Å². The van der Waals surface area contributed by atoms with Crippen molar-refractivity contribution in [2.75, 3.05) is 6.61 Å². The number of ketones is 1. The molecule has 38 heavy (non-hydrogen) atoms. The van der Waals surface area contributed by atoms with E-state index in [1.807, 2.05) is 19.9 Å². The zero-order valence-electron chi connectivity index (χ0n) is 24.2. The molecule has 0 heterocycles. The van der Waals surface area contributed by atoms with Crippen molar-refractivity contribution in [2.24, 2.45) is 44.8 Å². The number of aliphatic hydroxyl groups is 2. The SMILES string of the molecule is CCOC(=O)C12CCC(C)(C)CC1C1(O)C(=O)C=C3C4(C)C=C(C#N)C(O)C(C)C4CCC3(C)C1(C)CC2. The fourth-order valence-corrected chi connectivity index (χ4v) is 10.0. The maximum absolute atomic E-state index is 14.4. The summed E-state index contributed by atoms with van der Waals surface area (Å²) in [7, 11) is 0. The van der Waals surface area contributed by atoms with Gasteiger partial charge < -0.3 is 14.9 Å². The second kappa shape index (κ2) is 8.27. The molecule has 3 fully saturated rings. The molecule has 0 saturated heterocycles. The maximum atomic E-state index is 14.4. The van der Waals surface area contributed by atoms with Crippen molar-refractivity contribution in [3.63, 3.8) is 0 Å². The minimum absolute atomic E-state index is 0.0901. The van der Waals surface area contributed by atoms with Gasteiger partial charge >= 0.3 is 5.97 Å². The van der Waals surface area contributed by atoms with E-state index in [2.05, 4.69) is 40.7 Å². The Morgan fingerprint density at radius 3 is 2.42 bits per heavy atom. The number of nitriles is 1. The number of allylic oxidation sites excluding steroid dienone is 2. The lowest BCUT2D eigenvalue weighted by molar-refractivity contribution is -0.248. The van der Waals surface area contributed by atoms with Gasteiger partial charge in [0.1, 0.15) is 5.60 Å². The van der Waals surface area contributed by atoms with Crippen molar-refractivity contribution in [3.05, 3.63) is 23.3 Å². The third kappa shape index (κ3) is 3.12. The van der Waals surface area contributed by atoms with Crippen molar-refractivity contribution in [3.8, 4) is 6.07 Å². The van der Waals surface area contributed by atoms with E-state index in [1.165, 1.54) is 0 Å². The standard InChI is InChI=1S/C32H45NO5/c1-8-38-26(36)31-13-11-27(3,4)17-23(31)32(37)24(34)15-22-28(5)16-20(18-33)25(35)19(2)21(28)9-10-29(22,6)30(32,7)12-14-31/h15-16,19,21,23,25,35,37H,8-14,17H2,1-7H3. The molecule has 0 bridgehead atoms. The number of hydrogen-bond donors (Lipinski definition) is 2. The van der Waals surface area contributed by atoms with Crippen LogP contribution in [0.4, 0.5) is 0 Å². The molecule has 3 saturated carbocycles. The second-order valence-electron chi connectivity index (χ2n) is 14.6. The number of aliphatic hydroxyl groups excluding tert-OH is 1. The lowest BCUT2D eigenvalue weighted by atomic mass is 9.33. The van der Waals surface area contributed by atoms with E-state index >= 15 is 0 Å². The molecule has 5 aliphatic carbocycles. The fourth-order valence-electron chi connectivity index (χ4n) is 10.0.